The molecule has 24 heavy (non-hydrogen) atoms. The Morgan fingerprint density at radius 1 is 1.29 bits per heavy atom. The molecule has 1 atom stereocenters. The van der Waals surface area contributed by atoms with E-state index in [1.54, 1.807) is 12.5 Å². The summed E-state index contributed by atoms with van der Waals surface area (Å²) < 4.78 is 0. The highest BCUT2D eigenvalue weighted by atomic mass is 15.2. The van der Waals surface area contributed by atoms with E-state index in [2.05, 4.69) is 62.2 Å². The van der Waals surface area contributed by atoms with Gasteiger partial charge in [-0.3, -0.25) is 4.90 Å². The first kappa shape index (κ1) is 15.2. The van der Waals surface area contributed by atoms with Gasteiger partial charge in [-0.2, -0.15) is 0 Å². The second-order valence-electron chi connectivity index (χ2n) is 6.51. The van der Waals surface area contributed by atoms with E-state index in [9.17, 15) is 0 Å². The number of rotatable bonds is 3. The smallest absolute Gasteiger partial charge is 0.181 e. The average Bonchev–Trinajstić information content (AvgIpc) is 3.05. The van der Waals surface area contributed by atoms with E-state index in [1.165, 1.54) is 11.1 Å². The van der Waals surface area contributed by atoms with Gasteiger partial charge in [0.15, 0.2) is 11.5 Å². The molecule has 2 aromatic heterocycles. The van der Waals surface area contributed by atoms with Crippen LogP contribution < -0.4 is 5.32 Å². The van der Waals surface area contributed by atoms with E-state index < -0.39 is 0 Å². The van der Waals surface area contributed by atoms with Crippen LogP contribution in [0.1, 0.15) is 18.1 Å². The standard InChI is InChI=1S/C18H22N6/c1-12-7-14(10-24-6-5-19-8-13(24)2)3-4-15(12)17-20-9-16-18(23-17)22-11-21-16/h3-4,7,9,11,13,19H,5-6,8,10H2,1-2H3,(H,20,21,22,23). The molecule has 2 N–H and O–H groups in total. The fourth-order valence-corrected chi connectivity index (χ4v) is 3.29. The molecule has 6 nitrogen and oxygen atoms in total. The Bertz CT molecular complexity index is 856. The Morgan fingerprint density at radius 2 is 2.21 bits per heavy atom. The number of nitrogens with one attached hydrogen (secondary N) is 2. The molecular formula is C18H22N6. The molecule has 0 aliphatic carbocycles. The van der Waals surface area contributed by atoms with Crippen LogP contribution in [-0.2, 0) is 6.54 Å². The van der Waals surface area contributed by atoms with Gasteiger partial charge in [-0.25, -0.2) is 15.0 Å². The highest BCUT2D eigenvalue weighted by Crippen LogP contribution is 2.23. The Kier molecular flexibility index (Phi) is 4.00. The van der Waals surface area contributed by atoms with Gasteiger partial charge in [0.2, 0.25) is 0 Å². The van der Waals surface area contributed by atoms with Gasteiger partial charge in [-0.05, 0) is 25.0 Å². The lowest BCUT2D eigenvalue weighted by molar-refractivity contribution is 0.165. The Morgan fingerprint density at radius 3 is 3.04 bits per heavy atom. The third-order valence-electron chi connectivity index (χ3n) is 4.73. The molecule has 1 unspecified atom stereocenters. The Labute approximate surface area is 141 Å². The average molecular weight is 322 g/mol. The van der Waals surface area contributed by atoms with Gasteiger partial charge >= 0.3 is 0 Å². The van der Waals surface area contributed by atoms with Crippen molar-refractivity contribution in [3.05, 3.63) is 41.9 Å². The number of aromatic nitrogens is 4. The zero-order chi connectivity index (χ0) is 16.5. The summed E-state index contributed by atoms with van der Waals surface area (Å²) >= 11 is 0. The molecule has 1 fully saturated rings. The van der Waals surface area contributed by atoms with Crippen molar-refractivity contribution in [2.24, 2.45) is 0 Å². The molecule has 1 aromatic carbocycles. The van der Waals surface area contributed by atoms with Crippen LogP contribution in [0.25, 0.3) is 22.6 Å². The number of piperazine rings is 1. The van der Waals surface area contributed by atoms with Gasteiger partial charge < -0.3 is 10.3 Å². The molecule has 4 rings (SSSR count). The molecule has 3 aromatic rings. The normalized spacial score (nSPS) is 19.0. The maximum Gasteiger partial charge on any atom is 0.181 e. The van der Waals surface area contributed by atoms with Crippen molar-refractivity contribution >= 4 is 11.2 Å². The number of H-pyrrole nitrogens is 1. The number of aromatic amines is 1. The van der Waals surface area contributed by atoms with Crippen molar-refractivity contribution in [2.75, 3.05) is 19.6 Å². The lowest BCUT2D eigenvalue weighted by Crippen LogP contribution is -2.49. The number of fused-ring (bicyclic) bond motifs is 1. The summed E-state index contributed by atoms with van der Waals surface area (Å²) in [5.41, 5.74) is 5.17. The van der Waals surface area contributed by atoms with Crippen LogP contribution in [0.2, 0.25) is 0 Å². The predicted molar refractivity (Wildman–Crippen MR) is 94.6 cm³/mol. The van der Waals surface area contributed by atoms with E-state index in [1.807, 2.05) is 0 Å². The molecule has 0 spiro atoms. The topological polar surface area (TPSA) is 69.7 Å². The summed E-state index contributed by atoms with van der Waals surface area (Å²) in [5.74, 6) is 0.731. The predicted octanol–water partition coefficient (Wildman–Crippen LogP) is 2.12. The highest BCUT2D eigenvalue weighted by Gasteiger charge is 2.18. The van der Waals surface area contributed by atoms with Gasteiger partial charge in [0, 0.05) is 37.8 Å². The van der Waals surface area contributed by atoms with Crippen LogP contribution >= 0.6 is 0 Å². The van der Waals surface area contributed by atoms with Crippen LogP contribution in [0.5, 0.6) is 0 Å². The molecule has 3 heterocycles. The second-order valence-corrected chi connectivity index (χ2v) is 6.51. The second kappa shape index (κ2) is 6.30. The number of hydrogen-bond donors (Lipinski definition) is 2. The summed E-state index contributed by atoms with van der Waals surface area (Å²) in [5, 5.41) is 3.44. The van der Waals surface area contributed by atoms with Crippen LogP contribution in [0.4, 0.5) is 0 Å². The van der Waals surface area contributed by atoms with Crippen molar-refractivity contribution in [1.29, 1.82) is 0 Å². The molecule has 124 valence electrons. The summed E-state index contributed by atoms with van der Waals surface area (Å²) in [7, 11) is 0. The van der Waals surface area contributed by atoms with E-state index in [-0.39, 0.29) is 0 Å². The summed E-state index contributed by atoms with van der Waals surface area (Å²) in [6, 6.07) is 7.15. The molecule has 1 saturated heterocycles. The van der Waals surface area contributed by atoms with Crippen LogP contribution in [-0.4, -0.2) is 50.5 Å². The maximum absolute atomic E-state index is 4.55. The van der Waals surface area contributed by atoms with E-state index >= 15 is 0 Å². The number of imidazole rings is 1. The van der Waals surface area contributed by atoms with Crippen molar-refractivity contribution in [3.8, 4) is 11.4 Å². The first-order valence-corrected chi connectivity index (χ1v) is 8.41. The highest BCUT2D eigenvalue weighted by molar-refractivity contribution is 5.72. The Balaban J connectivity index is 1.59. The molecule has 0 amide bonds. The van der Waals surface area contributed by atoms with Crippen molar-refractivity contribution in [1.82, 2.24) is 30.2 Å². The molecule has 6 heteroatoms. The number of hydrogen-bond acceptors (Lipinski definition) is 5. The van der Waals surface area contributed by atoms with Gasteiger partial charge in [-0.15, -0.1) is 0 Å². The van der Waals surface area contributed by atoms with E-state index in [0.717, 1.165) is 43.1 Å². The summed E-state index contributed by atoms with van der Waals surface area (Å²) in [6.45, 7) is 8.62. The molecule has 0 radical (unpaired) electrons. The first-order chi connectivity index (χ1) is 11.7. The minimum Gasteiger partial charge on any atom is -0.342 e. The zero-order valence-corrected chi connectivity index (χ0v) is 14.1. The van der Waals surface area contributed by atoms with Crippen molar-refractivity contribution in [3.63, 3.8) is 0 Å². The van der Waals surface area contributed by atoms with Crippen molar-refractivity contribution in [2.45, 2.75) is 26.4 Å². The maximum atomic E-state index is 4.55. The lowest BCUT2D eigenvalue weighted by Gasteiger charge is -2.34. The largest absolute Gasteiger partial charge is 0.342 e. The molecular weight excluding hydrogens is 300 g/mol. The monoisotopic (exact) mass is 322 g/mol. The number of aryl methyl sites for hydroxylation is 1. The summed E-state index contributed by atoms with van der Waals surface area (Å²) in [4.78, 5) is 18.8. The first-order valence-electron chi connectivity index (χ1n) is 8.41. The van der Waals surface area contributed by atoms with E-state index in [0.29, 0.717) is 11.7 Å². The zero-order valence-electron chi connectivity index (χ0n) is 14.1. The van der Waals surface area contributed by atoms with Crippen LogP contribution in [0.3, 0.4) is 0 Å². The molecule has 0 bridgehead atoms. The Hall–Kier alpha value is -2.31. The molecule has 1 aliphatic rings. The minimum atomic E-state index is 0.573. The fourth-order valence-electron chi connectivity index (χ4n) is 3.29. The van der Waals surface area contributed by atoms with Crippen LogP contribution in [0, 0.1) is 6.92 Å². The minimum absolute atomic E-state index is 0.573. The third-order valence-corrected chi connectivity index (χ3v) is 4.73. The van der Waals surface area contributed by atoms with Crippen molar-refractivity contribution < 1.29 is 0 Å². The third kappa shape index (κ3) is 2.90. The molecule has 1 aliphatic heterocycles. The van der Waals surface area contributed by atoms with Gasteiger partial charge in [-0.1, -0.05) is 18.2 Å². The van der Waals surface area contributed by atoms with Crippen LogP contribution in [0.15, 0.2) is 30.7 Å². The summed E-state index contributed by atoms with van der Waals surface area (Å²) in [6.07, 6.45) is 3.44. The van der Waals surface area contributed by atoms with Gasteiger partial charge in [0.05, 0.1) is 12.5 Å². The van der Waals surface area contributed by atoms with Gasteiger partial charge in [0.1, 0.15) is 5.52 Å². The SMILES string of the molecule is Cc1cc(CN2CCNCC2C)ccc1-c1ncc2[nH]cnc2n1. The number of nitrogens with zero attached hydrogens (tertiary/aromatic N) is 4. The lowest BCUT2D eigenvalue weighted by atomic mass is 10.0. The van der Waals surface area contributed by atoms with E-state index in [4.69, 9.17) is 0 Å². The quantitative estimate of drug-likeness (QED) is 0.773. The van der Waals surface area contributed by atoms with Gasteiger partial charge in [0.25, 0.3) is 0 Å². The number of benzene rings is 1. The fraction of sp³-hybridized carbons (Fsp3) is 0.389. The molecule has 0 saturated carbocycles.